The highest BCUT2D eigenvalue weighted by molar-refractivity contribution is 14.1. The second kappa shape index (κ2) is 4.05. The van der Waals surface area contributed by atoms with Crippen LogP contribution in [0.25, 0.3) is 0 Å². The van der Waals surface area contributed by atoms with E-state index in [4.69, 9.17) is 0 Å². The van der Waals surface area contributed by atoms with Gasteiger partial charge in [0.25, 0.3) is 0 Å². The second-order valence-corrected chi connectivity index (χ2v) is 3.93. The van der Waals surface area contributed by atoms with Crippen LogP contribution in [0.2, 0.25) is 0 Å². The molecule has 1 nitrogen and oxygen atoms in total. The average molecular weight is 274 g/mol. The molecule has 1 unspecified atom stereocenters. The first-order chi connectivity index (χ1) is 5.63. The van der Waals surface area contributed by atoms with Crippen molar-refractivity contribution in [2.45, 2.75) is 13.0 Å². The highest BCUT2D eigenvalue weighted by atomic mass is 127. The van der Waals surface area contributed by atoms with Crippen molar-refractivity contribution in [2.24, 2.45) is 0 Å². The molecule has 0 amide bonds. The normalized spacial score (nSPS) is 12.6. The number of halogens is 1. The molecule has 64 valence electrons. The van der Waals surface area contributed by atoms with Gasteiger partial charge in [0.2, 0.25) is 0 Å². The van der Waals surface area contributed by atoms with E-state index in [0.717, 1.165) is 14.7 Å². The van der Waals surface area contributed by atoms with Crippen LogP contribution in [0, 0.1) is 3.57 Å². The zero-order valence-corrected chi connectivity index (χ0v) is 9.08. The molecule has 2 heteroatoms. The third kappa shape index (κ3) is 2.08. The average Bonchev–Trinajstić information content (AvgIpc) is 2.04. The summed E-state index contributed by atoms with van der Waals surface area (Å²) in [5.41, 5.74) is 1.71. The van der Waals surface area contributed by atoms with E-state index >= 15 is 0 Å². The number of aliphatic hydroxyl groups excluding tert-OH is 1. The molecule has 0 aromatic heterocycles. The fourth-order valence-corrected chi connectivity index (χ4v) is 1.64. The van der Waals surface area contributed by atoms with Crippen molar-refractivity contribution >= 4 is 22.6 Å². The topological polar surface area (TPSA) is 20.2 Å². The number of hydrogen-bond donors (Lipinski definition) is 1. The molecule has 0 heterocycles. The standard InChI is InChI=1S/C10H11IO/c1-7(2)10(12)8-5-3-4-6-9(8)11/h3-6,10,12H,1H2,2H3. The van der Waals surface area contributed by atoms with Gasteiger partial charge in [0.05, 0.1) is 0 Å². The smallest absolute Gasteiger partial charge is 0.101 e. The van der Waals surface area contributed by atoms with E-state index in [1.807, 2.05) is 31.2 Å². The third-order valence-corrected chi connectivity index (χ3v) is 2.65. The van der Waals surface area contributed by atoms with Crippen molar-refractivity contribution in [1.29, 1.82) is 0 Å². The first kappa shape index (κ1) is 9.74. The summed E-state index contributed by atoms with van der Waals surface area (Å²) in [5.74, 6) is 0. The Labute approximate surface area is 86.3 Å². The van der Waals surface area contributed by atoms with Gasteiger partial charge in [-0.2, -0.15) is 0 Å². The first-order valence-corrected chi connectivity index (χ1v) is 4.78. The number of aliphatic hydroxyl groups is 1. The zero-order valence-electron chi connectivity index (χ0n) is 6.92. The van der Waals surface area contributed by atoms with Crippen molar-refractivity contribution in [2.75, 3.05) is 0 Å². The van der Waals surface area contributed by atoms with Gasteiger partial charge in [-0.3, -0.25) is 0 Å². The maximum absolute atomic E-state index is 9.67. The van der Waals surface area contributed by atoms with E-state index in [0.29, 0.717) is 0 Å². The van der Waals surface area contributed by atoms with Crippen LogP contribution in [0.15, 0.2) is 36.4 Å². The highest BCUT2D eigenvalue weighted by Gasteiger charge is 2.09. The van der Waals surface area contributed by atoms with Gasteiger partial charge in [0.15, 0.2) is 0 Å². The van der Waals surface area contributed by atoms with E-state index in [1.54, 1.807) is 0 Å². The molecule has 0 saturated carbocycles. The zero-order chi connectivity index (χ0) is 9.14. The predicted molar refractivity (Wildman–Crippen MR) is 58.9 cm³/mol. The molecule has 1 atom stereocenters. The van der Waals surface area contributed by atoms with Crippen LogP contribution in [0.4, 0.5) is 0 Å². The SMILES string of the molecule is C=C(C)C(O)c1ccccc1I. The molecule has 0 aliphatic rings. The largest absolute Gasteiger partial charge is 0.384 e. The molecule has 12 heavy (non-hydrogen) atoms. The van der Waals surface area contributed by atoms with Crippen LogP contribution >= 0.6 is 22.6 Å². The maximum Gasteiger partial charge on any atom is 0.101 e. The Kier molecular flexibility index (Phi) is 3.29. The lowest BCUT2D eigenvalue weighted by Gasteiger charge is -2.11. The Bertz CT molecular complexity index is 294. The molecular formula is C10H11IO. The van der Waals surface area contributed by atoms with E-state index in [9.17, 15) is 5.11 Å². The first-order valence-electron chi connectivity index (χ1n) is 3.71. The van der Waals surface area contributed by atoms with Crippen molar-refractivity contribution in [3.05, 3.63) is 45.6 Å². The summed E-state index contributed by atoms with van der Waals surface area (Å²) in [5, 5.41) is 9.67. The molecular weight excluding hydrogens is 263 g/mol. The third-order valence-electron chi connectivity index (χ3n) is 1.67. The molecule has 1 aromatic rings. The fourth-order valence-electron chi connectivity index (χ4n) is 0.962. The van der Waals surface area contributed by atoms with Crippen LogP contribution in [-0.4, -0.2) is 5.11 Å². The Morgan fingerprint density at radius 3 is 2.58 bits per heavy atom. The van der Waals surface area contributed by atoms with Crippen LogP contribution in [0.1, 0.15) is 18.6 Å². The van der Waals surface area contributed by atoms with Gasteiger partial charge in [-0.25, -0.2) is 0 Å². The molecule has 0 saturated heterocycles. The molecule has 0 aliphatic heterocycles. The van der Waals surface area contributed by atoms with Gasteiger partial charge in [-0.1, -0.05) is 24.8 Å². The molecule has 0 aliphatic carbocycles. The van der Waals surface area contributed by atoms with Crippen LogP contribution in [-0.2, 0) is 0 Å². The Morgan fingerprint density at radius 1 is 1.50 bits per heavy atom. The van der Waals surface area contributed by atoms with Crippen molar-refractivity contribution in [3.63, 3.8) is 0 Å². The lowest BCUT2D eigenvalue weighted by molar-refractivity contribution is 0.215. The molecule has 1 rings (SSSR count). The Hall–Kier alpha value is -0.350. The lowest BCUT2D eigenvalue weighted by Crippen LogP contribution is -1.99. The van der Waals surface area contributed by atoms with E-state index in [1.165, 1.54) is 0 Å². The Morgan fingerprint density at radius 2 is 2.08 bits per heavy atom. The summed E-state index contributed by atoms with van der Waals surface area (Å²) in [6.07, 6.45) is -0.530. The molecule has 0 bridgehead atoms. The van der Waals surface area contributed by atoms with Crippen LogP contribution in [0.3, 0.4) is 0 Å². The van der Waals surface area contributed by atoms with Gasteiger partial charge in [-0.15, -0.1) is 0 Å². The van der Waals surface area contributed by atoms with Gasteiger partial charge in [-0.05, 0) is 46.7 Å². The quantitative estimate of drug-likeness (QED) is 0.649. The predicted octanol–water partition coefficient (Wildman–Crippen LogP) is 2.90. The minimum Gasteiger partial charge on any atom is -0.384 e. The van der Waals surface area contributed by atoms with Gasteiger partial charge >= 0.3 is 0 Å². The summed E-state index contributed by atoms with van der Waals surface area (Å²) in [4.78, 5) is 0. The molecule has 1 aromatic carbocycles. The maximum atomic E-state index is 9.67. The summed E-state index contributed by atoms with van der Waals surface area (Å²) in [7, 11) is 0. The van der Waals surface area contributed by atoms with E-state index < -0.39 is 6.10 Å². The summed E-state index contributed by atoms with van der Waals surface area (Å²) >= 11 is 2.21. The number of rotatable bonds is 2. The number of benzene rings is 1. The van der Waals surface area contributed by atoms with Crippen LogP contribution < -0.4 is 0 Å². The minimum absolute atomic E-state index is 0.530. The van der Waals surface area contributed by atoms with Crippen molar-refractivity contribution in [3.8, 4) is 0 Å². The Balaban J connectivity index is 3.02. The minimum atomic E-state index is -0.530. The molecule has 0 spiro atoms. The van der Waals surface area contributed by atoms with Gasteiger partial charge in [0.1, 0.15) is 6.10 Å². The number of hydrogen-bond acceptors (Lipinski definition) is 1. The van der Waals surface area contributed by atoms with E-state index in [-0.39, 0.29) is 0 Å². The highest BCUT2D eigenvalue weighted by Crippen LogP contribution is 2.24. The van der Waals surface area contributed by atoms with Crippen LogP contribution in [0.5, 0.6) is 0 Å². The van der Waals surface area contributed by atoms with E-state index in [2.05, 4.69) is 29.2 Å². The van der Waals surface area contributed by atoms with Crippen molar-refractivity contribution in [1.82, 2.24) is 0 Å². The summed E-state index contributed by atoms with van der Waals surface area (Å²) < 4.78 is 1.07. The van der Waals surface area contributed by atoms with Gasteiger partial charge in [0, 0.05) is 3.57 Å². The fraction of sp³-hybridized carbons (Fsp3) is 0.200. The monoisotopic (exact) mass is 274 g/mol. The molecule has 0 radical (unpaired) electrons. The van der Waals surface area contributed by atoms with Gasteiger partial charge < -0.3 is 5.11 Å². The molecule has 1 N–H and O–H groups in total. The van der Waals surface area contributed by atoms with Crippen molar-refractivity contribution < 1.29 is 5.11 Å². The summed E-state index contributed by atoms with van der Waals surface area (Å²) in [6.45, 7) is 5.55. The second-order valence-electron chi connectivity index (χ2n) is 2.77. The lowest BCUT2D eigenvalue weighted by atomic mass is 10.0. The summed E-state index contributed by atoms with van der Waals surface area (Å²) in [6, 6.07) is 7.77. The molecule has 0 fully saturated rings.